The van der Waals surface area contributed by atoms with Gasteiger partial charge in [-0.15, -0.1) is 0 Å². The van der Waals surface area contributed by atoms with Crippen molar-refractivity contribution in [2.75, 3.05) is 0 Å². The van der Waals surface area contributed by atoms with Gasteiger partial charge in [-0.25, -0.2) is 4.79 Å². The Morgan fingerprint density at radius 2 is 1.85 bits per heavy atom. The lowest BCUT2D eigenvalue weighted by molar-refractivity contribution is -0.140. The van der Waals surface area contributed by atoms with Crippen LogP contribution in [0.15, 0.2) is 35.4 Å². The summed E-state index contributed by atoms with van der Waals surface area (Å²) in [5, 5.41) is 11.7. The van der Waals surface area contributed by atoms with Crippen LogP contribution in [0.2, 0.25) is 0 Å². The van der Waals surface area contributed by atoms with E-state index in [1.807, 2.05) is 13.8 Å². The Labute approximate surface area is 151 Å². The first-order valence-corrected chi connectivity index (χ1v) is 8.36. The first-order valence-electron chi connectivity index (χ1n) is 8.36. The molecule has 7 nitrogen and oxygen atoms in total. The summed E-state index contributed by atoms with van der Waals surface area (Å²) in [7, 11) is 0. The van der Waals surface area contributed by atoms with Crippen LogP contribution in [-0.2, 0) is 11.3 Å². The molecule has 0 saturated carbocycles. The average molecular weight is 357 g/mol. The molecular formula is C19H23N3O4. The Morgan fingerprint density at radius 1 is 1.23 bits per heavy atom. The summed E-state index contributed by atoms with van der Waals surface area (Å²) < 4.78 is 1.52. The van der Waals surface area contributed by atoms with Crippen molar-refractivity contribution in [2.24, 2.45) is 5.92 Å². The van der Waals surface area contributed by atoms with Gasteiger partial charge in [0.15, 0.2) is 0 Å². The third kappa shape index (κ3) is 4.17. The fourth-order valence-electron chi connectivity index (χ4n) is 2.65. The number of aryl methyl sites for hydroxylation is 1. The van der Waals surface area contributed by atoms with Crippen molar-refractivity contribution in [2.45, 2.75) is 40.3 Å². The zero-order chi connectivity index (χ0) is 19.4. The fourth-order valence-corrected chi connectivity index (χ4v) is 2.65. The molecule has 1 atom stereocenters. The quantitative estimate of drug-likeness (QED) is 0.820. The SMILES string of the molecule is Cc1cc(C(=O)N[C@H](C(=O)O)C(C)C)c(=O)n(Cc2ccncc2)c1C. The predicted molar refractivity (Wildman–Crippen MR) is 97.2 cm³/mol. The molecule has 2 N–H and O–H groups in total. The maximum absolute atomic E-state index is 12.8. The highest BCUT2D eigenvalue weighted by Crippen LogP contribution is 2.10. The summed E-state index contributed by atoms with van der Waals surface area (Å²) in [5.74, 6) is -2.11. The number of aliphatic carboxylic acids is 1. The summed E-state index contributed by atoms with van der Waals surface area (Å²) in [5.41, 5.74) is 1.90. The zero-order valence-corrected chi connectivity index (χ0v) is 15.3. The van der Waals surface area contributed by atoms with Gasteiger partial charge in [0.1, 0.15) is 11.6 Å². The van der Waals surface area contributed by atoms with E-state index in [9.17, 15) is 19.5 Å². The minimum Gasteiger partial charge on any atom is -0.480 e. The van der Waals surface area contributed by atoms with Gasteiger partial charge in [-0.3, -0.25) is 14.6 Å². The Hall–Kier alpha value is -2.96. The molecule has 0 aromatic carbocycles. The smallest absolute Gasteiger partial charge is 0.326 e. The van der Waals surface area contributed by atoms with E-state index in [0.29, 0.717) is 6.54 Å². The molecular weight excluding hydrogens is 334 g/mol. The molecule has 0 fully saturated rings. The number of carboxylic acids is 1. The molecule has 0 aliphatic rings. The maximum atomic E-state index is 12.8. The molecule has 2 heterocycles. The van der Waals surface area contributed by atoms with Crippen molar-refractivity contribution in [3.8, 4) is 0 Å². The van der Waals surface area contributed by atoms with Crippen LogP contribution in [0, 0.1) is 19.8 Å². The Bertz CT molecular complexity index is 872. The zero-order valence-electron chi connectivity index (χ0n) is 15.3. The second-order valence-electron chi connectivity index (χ2n) is 6.61. The number of nitrogens with one attached hydrogen (secondary N) is 1. The highest BCUT2D eigenvalue weighted by atomic mass is 16.4. The van der Waals surface area contributed by atoms with Crippen LogP contribution in [-0.4, -0.2) is 32.6 Å². The van der Waals surface area contributed by atoms with Gasteiger partial charge < -0.3 is 15.0 Å². The molecule has 138 valence electrons. The molecule has 0 aliphatic heterocycles. The summed E-state index contributed by atoms with van der Waals surface area (Å²) in [6, 6.07) is 4.05. The highest BCUT2D eigenvalue weighted by molar-refractivity contribution is 5.96. The lowest BCUT2D eigenvalue weighted by atomic mass is 10.0. The van der Waals surface area contributed by atoms with Gasteiger partial charge in [0.05, 0.1) is 6.54 Å². The summed E-state index contributed by atoms with van der Waals surface area (Å²) in [4.78, 5) is 40.7. The first-order chi connectivity index (χ1) is 12.2. The third-order valence-electron chi connectivity index (χ3n) is 4.37. The van der Waals surface area contributed by atoms with Gasteiger partial charge >= 0.3 is 5.97 Å². The minimum atomic E-state index is -1.13. The number of carbonyl (C=O) groups is 2. The summed E-state index contributed by atoms with van der Waals surface area (Å²) in [6.07, 6.45) is 3.28. The number of carboxylic acid groups (broad SMARTS) is 1. The van der Waals surface area contributed by atoms with E-state index in [1.165, 1.54) is 10.6 Å². The van der Waals surface area contributed by atoms with Crippen LogP contribution < -0.4 is 10.9 Å². The van der Waals surface area contributed by atoms with Gasteiger partial charge in [0.25, 0.3) is 11.5 Å². The monoisotopic (exact) mass is 357 g/mol. The van der Waals surface area contributed by atoms with Crippen molar-refractivity contribution < 1.29 is 14.7 Å². The molecule has 2 aromatic rings. The van der Waals surface area contributed by atoms with E-state index in [1.54, 1.807) is 38.4 Å². The molecule has 7 heteroatoms. The standard InChI is InChI=1S/C19H23N3O4/c1-11(2)16(19(25)26)21-17(23)15-9-12(3)13(4)22(18(15)24)10-14-5-7-20-8-6-14/h5-9,11,16H,10H2,1-4H3,(H,21,23)(H,25,26)/t16-/m0/s1. The Kier molecular flexibility index (Phi) is 5.92. The van der Waals surface area contributed by atoms with Gasteiger partial charge in [-0.05, 0) is 49.1 Å². The molecule has 2 rings (SSSR count). The first kappa shape index (κ1) is 19.4. The van der Waals surface area contributed by atoms with E-state index >= 15 is 0 Å². The molecule has 0 unspecified atom stereocenters. The molecule has 1 amide bonds. The molecule has 0 radical (unpaired) electrons. The molecule has 2 aromatic heterocycles. The number of hydrogen-bond acceptors (Lipinski definition) is 4. The van der Waals surface area contributed by atoms with Gasteiger partial charge in [-0.1, -0.05) is 13.8 Å². The van der Waals surface area contributed by atoms with Crippen LogP contribution in [0.5, 0.6) is 0 Å². The van der Waals surface area contributed by atoms with E-state index in [2.05, 4.69) is 10.3 Å². The third-order valence-corrected chi connectivity index (χ3v) is 4.37. The number of hydrogen-bond donors (Lipinski definition) is 2. The number of rotatable bonds is 6. The van der Waals surface area contributed by atoms with Crippen molar-refractivity contribution in [1.82, 2.24) is 14.9 Å². The largest absolute Gasteiger partial charge is 0.480 e. The lowest BCUT2D eigenvalue weighted by Gasteiger charge is -2.19. The number of pyridine rings is 2. The predicted octanol–water partition coefficient (Wildman–Crippen LogP) is 1.75. The number of amides is 1. The van der Waals surface area contributed by atoms with Crippen LogP contribution >= 0.6 is 0 Å². The van der Waals surface area contributed by atoms with Crippen LogP contribution in [0.1, 0.15) is 41.0 Å². The highest BCUT2D eigenvalue weighted by Gasteiger charge is 2.26. The Balaban J connectivity index is 2.42. The molecule has 26 heavy (non-hydrogen) atoms. The van der Waals surface area contributed by atoms with Crippen molar-refractivity contribution in [3.05, 3.63) is 63.3 Å². The van der Waals surface area contributed by atoms with Crippen molar-refractivity contribution in [3.63, 3.8) is 0 Å². The molecule has 0 bridgehead atoms. The van der Waals surface area contributed by atoms with Gasteiger partial charge in [-0.2, -0.15) is 0 Å². The molecule has 0 aliphatic carbocycles. The van der Waals surface area contributed by atoms with Gasteiger partial charge in [0, 0.05) is 18.1 Å². The number of nitrogens with zero attached hydrogens (tertiary/aromatic N) is 2. The van der Waals surface area contributed by atoms with E-state index < -0.39 is 23.5 Å². The van der Waals surface area contributed by atoms with Crippen molar-refractivity contribution >= 4 is 11.9 Å². The lowest BCUT2D eigenvalue weighted by Crippen LogP contribution is -2.46. The van der Waals surface area contributed by atoms with Crippen molar-refractivity contribution in [1.29, 1.82) is 0 Å². The topological polar surface area (TPSA) is 101 Å². The van der Waals surface area contributed by atoms with Crippen LogP contribution in [0.3, 0.4) is 0 Å². The summed E-state index contributed by atoms with van der Waals surface area (Å²) >= 11 is 0. The number of carbonyl (C=O) groups excluding carboxylic acids is 1. The Morgan fingerprint density at radius 3 is 2.38 bits per heavy atom. The average Bonchev–Trinajstić information content (AvgIpc) is 2.59. The fraction of sp³-hybridized carbons (Fsp3) is 0.368. The van der Waals surface area contributed by atoms with Crippen LogP contribution in [0.25, 0.3) is 0 Å². The van der Waals surface area contributed by atoms with Crippen LogP contribution in [0.4, 0.5) is 0 Å². The second kappa shape index (κ2) is 7.95. The minimum absolute atomic E-state index is 0.0611. The van der Waals surface area contributed by atoms with E-state index in [-0.39, 0.29) is 11.5 Å². The van der Waals surface area contributed by atoms with Gasteiger partial charge in [0.2, 0.25) is 0 Å². The molecule has 0 spiro atoms. The molecule has 0 saturated heterocycles. The normalized spacial score (nSPS) is 12.0. The summed E-state index contributed by atoms with van der Waals surface area (Å²) in [6.45, 7) is 7.32. The second-order valence-corrected chi connectivity index (χ2v) is 6.61. The maximum Gasteiger partial charge on any atom is 0.326 e. The van der Waals surface area contributed by atoms with E-state index in [4.69, 9.17) is 0 Å². The van der Waals surface area contributed by atoms with E-state index in [0.717, 1.165) is 16.8 Å². The number of aromatic nitrogens is 2.